The van der Waals surface area contributed by atoms with Crippen molar-refractivity contribution < 1.29 is 98.7 Å². The zero-order valence-corrected chi connectivity index (χ0v) is 14.2. The Morgan fingerprint density at radius 3 is 0.600 bits per heavy atom. The largest absolute Gasteiger partial charge is 2.00 e. The molecule has 0 aromatic heterocycles. The zero-order chi connectivity index (χ0) is 10.3. The van der Waals surface area contributed by atoms with E-state index in [1.54, 1.807) is 0 Å². The molecule has 0 bridgehead atoms. The molecule has 0 radical (unpaired) electrons. The summed E-state index contributed by atoms with van der Waals surface area (Å²) in [4.78, 5) is 35.7. The molecule has 11 heteroatoms. The van der Waals surface area contributed by atoms with Gasteiger partial charge in [-0.3, -0.25) is 0 Å². The fraction of sp³-hybridized carbons (Fsp3) is 0. The molecular formula is C4CaNa2O8. The molecule has 15 heavy (non-hydrogen) atoms. The van der Waals surface area contributed by atoms with Crippen molar-refractivity contribution in [2.45, 2.75) is 0 Å². The van der Waals surface area contributed by atoms with Crippen LogP contribution in [0.1, 0.15) is 0 Å². The van der Waals surface area contributed by atoms with Crippen molar-refractivity contribution in [1.82, 2.24) is 0 Å². The maximum Gasteiger partial charge on any atom is 2.00 e. The summed E-state index contributed by atoms with van der Waals surface area (Å²) in [7, 11) is 0. The Labute approximate surface area is 158 Å². The predicted octanol–water partition coefficient (Wildman–Crippen LogP) is -13.4. The van der Waals surface area contributed by atoms with Gasteiger partial charge in [0.15, 0.2) is 0 Å². The van der Waals surface area contributed by atoms with E-state index < -0.39 is 23.9 Å². The number of carboxylic acids is 4. The van der Waals surface area contributed by atoms with Crippen LogP contribution in [0.5, 0.6) is 0 Å². The van der Waals surface area contributed by atoms with Crippen LogP contribution in [0.2, 0.25) is 0 Å². The van der Waals surface area contributed by atoms with Gasteiger partial charge in [0.2, 0.25) is 0 Å². The van der Waals surface area contributed by atoms with Gasteiger partial charge in [0, 0.05) is 0 Å². The Kier molecular flexibility index (Phi) is 34.8. The van der Waals surface area contributed by atoms with Crippen molar-refractivity contribution in [2.75, 3.05) is 0 Å². The molecular weight excluding hydrogens is 262 g/mol. The molecule has 0 atom stereocenters. The van der Waals surface area contributed by atoms with Crippen LogP contribution in [0.3, 0.4) is 0 Å². The molecule has 0 unspecified atom stereocenters. The minimum absolute atomic E-state index is 0. The van der Waals surface area contributed by atoms with Crippen molar-refractivity contribution in [3.05, 3.63) is 0 Å². The Bertz CT molecular complexity index is 181. The summed E-state index contributed by atoms with van der Waals surface area (Å²) in [6.07, 6.45) is 0. The van der Waals surface area contributed by atoms with E-state index in [1.807, 2.05) is 0 Å². The van der Waals surface area contributed by atoms with Crippen LogP contribution in [-0.2, 0) is 19.2 Å². The Balaban J connectivity index is -0.0000000370. The van der Waals surface area contributed by atoms with Gasteiger partial charge >= 0.3 is 96.9 Å². The third-order valence-electron chi connectivity index (χ3n) is 0.333. The van der Waals surface area contributed by atoms with Gasteiger partial charge in [-0.1, -0.05) is 0 Å². The second kappa shape index (κ2) is 17.5. The Morgan fingerprint density at radius 1 is 0.533 bits per heavy atom. The van der Waals surface area contributed by atoms with Crippen LogP contribution in [0.25, 0.3) is 0 Å². The van der Waals surface area contributed by atoms with Gasteiger partial charge < -0.3 is 39.6 Å². The van der Waals surface area contributed by atoms with Gasteiger partial charge in [-0.05, 0) is 0 Å². The Morgan fingerprint density at radius 2 is 0.600 bits per heavy atom. The van der Waals surface area contributed by atoms with E-state index in [-0.39, 0.29) is 96.9 Å². The molecule has 0 aliphatic rings. The van der Waals surface area contributed by atoms with Crippen LogP contribution >= 0.6 is 0 Å². The van der Waals surface area contributed by atoms with Crippen molar-refractivity contribution in [3.8, 4) is 0 Å². The van der Waals surface area contributed by atoms with Crippen LogP contribution in [0, 0.1) is 0 Å². The molecule has 0 saturated carbocycles. The van der Waals surface area contributed by atoms with Gasteiger partial charge in [0.25, 0.3) is 0 Å². The molecule has 0 fully saturated rings. The van der Waals surface area contributed by atoms with E-state index in [1.165, 1.54) is 0 Å². The summed E-state index contributed by atoms with van der Waals surface area (Å²) in [6.45, 7) is 0. The molecule has 0 saturated heterocycles. The van der Waals surface area contributed by atoms with Gasteiger partial charge in [-0.25, -0.2) is 0 Å². The molecule has 0 aliphatic carbocycles. The van der Waals surface area contributed by atoms with Crippen LogP contribution in [0.15, 0.2) is 0 Å². The first-order valence-corrected chi connectivity index (χ1v) is 2.13. The molecule has 0 spiro atoms. The number of carbonyl (C=O) groups excluding carboxylic acids is 4. The van der Waals surface area contributed by atoms with E-state index in [2.05, 4.69) is 0 Å². The first-order chi connectivity index (χ1) is 5.29. The standard InChI is InChI=1S/2C2H2O4.Ca.2Na/c2*3-1(4)2(5)6;;;/h2*(H,3,4)(H,5,6);;;/q;;+2;2*+1/p-4. The smallest absolute Gasteiger partial charge is 0.543 e. The first kappa shape index (κ1) is 29.8. The van der Waals surface area contributed by atoms with Crippen molar-refractivity contribution in [2.24, 2.45) is 0 Å². The summed E-state index contributed by atoms with van der Waals surface area (Å²) < 4.78 is 0. The van der Waals surface area contributed by atoms with Gasteiger partial charge in [0.1, 0.15) is 0 Å². The minimum Gasteiger partial charge on any atom is -0.543 e. The second-order valence-corrected chi connectivity index (χ2v) is 1.15. The molecule has 0 heterocycles. The number of rotatable bonds is 0. The molecule has 8 nitrogen and oxygen atoms in total. The van der Waals surface area contributed by atoms with Gasteiger partial charge in [-0.15, -0.1) is 0 Å². The molecule has 0 aromatic rings. The van der Waals surface area contributed by atoms with Crippen LogP contribution in [0.4, 0.5) is 0 Å². The maximum atomic E-state index is 8.93. The number of hydrogen-bond acceptors (Lipinski definition) is 8. The van der Waals surface area contributed by atoms with Crippen LogP contribution < -0.4 is 79.5 Å². The van der Waals surface area contributed by atoms with Crippen LogP contribution in [-0.4, -0.2) is 61.6 Å². The average Bonchev–Trinajstić information content (AvgIpc) is 1.88. The third-order valence-corrected chi connectivity index (χ3v) is 0.333. The summed E-state index contributed by atoms with van der Waals surface area (Å²) in [6, 6.07) is 0. The first-order valence-electron chi connectivity index (χ1n) is 2.13. The topological polar surface area (TPSA) is 161 Å². The summed E-state index contributed by atoms with van der Waals surface area (Å²) >= 11 is 0. The quantitative estimate of drug-likeness (QED) is 0.307. The van der Waals surface area contributed by atoms with E-state index in [0.29, 0.717) is 0 Å². The number of hydrogen-bond donors (Lipinski definition) is 0. The fourth-order valence-corrected chi connectivity index (χ4v) is 0. The number of aliphatic carboxylic acids is 4. The van der Waals surface area contributed by atoms with E-state index in [9.17, 15) is 0 Å². The maximum absolute atomic E-state index is 8.93. The molecule has 0 amide bonds. The molecule has 0 N–H and O–H groups in total. The molecule has 0 aromatic carbocycles. The third kappa shape index (κ3) is 31.3. The van der Waals surface area contributed by atoms with E-state index >= 15 is 0 Å². The molecule has 0 rings (SSSR count). The number of carbonyl (C=O) groups is 4. The summed E-state index contributed by atoms with van der Waals surface area (Å²) in [5.41, 5.74) is 0. The van der Waals surface area contributed by atoms with Crippen molar-refractivity contribution in [3.63, 3.8) is 0 Å². The molecule has 0 aliphatic heterocycles. The second-order valence-electron chi connectivity index (χ2n) is 1.15. The van der Waals surface area contributed by atoms with Crippen molar-refractivity contribution in [1.29, 1.82) is 0 Å². The molecule has 68 valence electrons. The average molecular weight is 262 g/mol. The van der Waals surface area contributed by atoms with Gasteiger partial charge in [0.05, 0.1) is 23.9 Å². The van der Waals surface area contributed by atoms with E-state index in [0.717, 1.165) is 0 Å². The predicted molar refractivity (Wildman–Crippen MR) is 25.8 cm³/mol. The summed E-state index contributed by atoms with van der Waals surface area (Å²) in [5, 5.41) is 35.7. The van der Waals surface area contributed by atoms with Crippen molar-refractivity contribution >= 4 is 61.6 Å². The number of carboxylic acid groups (broad SMARTS) is 4. The SMILES string of the molecule is O=C([O-])C(=O)[O-].O=C([O-])C(=O)[O-].[Ca+2].[Na+].[Na+]. The van der Waals surface area contributed by atoms with Gasteiger partial charge in [-0.2, -0.15) is 0 Å². The monoisotopic (exact) mass is 262 g/mol. The summed E-state index contributed by atoms with van der Waals surface area (Å²) in [5.74, 6) is -8.74. The normalized spacial score (nSPS) is 5.87. The van der Waals surface area contributed by atoms with E-state index in [4.69, 9.17) is 39.6 Å². The minimum atomic E-state index is -2.19. The fourth-order valence-electron chi connectivity index (χ4n) is 0. The Hall–Kier alpha value is 1.14. The zero-order valence-electron chi connectivity index (χ0n) is 7.97.